The first-order valence-electron chi connectivity index (χ1n) is 3.69. The number of aliphatic hydroxyl groups is 2. The van der Waals surface area contributed by atoms with E-state index in [4.69, 9.17) is 9.84 Å². The molecule has 4 heteroatoms. The number of ether oxygens (including phenoxy) is 1. The minimum atomic E-state index is -0.496. The third-order valence-corrected chi connectivity index (χ3v) is 1.54. The van der Waals surface area contributed by atoms with Gasteiger partial charge in [0.2, 0.25) is 0 Å². The van der Waals surface area contributed by atoms with Gasteiger partial charge in [0.1, 0.15) is 0 Å². The highest BCUT2D eigenvalue weighted by molar-refractivity contribution is 4.67. The SMILES string of the molecule is CNC(CO)CC(O)COC. The fraction of sp³-hybridized carbons (Fsp3) is 1.00. The summed E-state index contributed by atoms with van der Waals surface area (Å²) in [5.74, 6) is 0. The smallest absolute Gasteiger partial charge is 0.0789 e. The highest BCUT2D eigenvalue weighted by atomic mass is 16.5. The van der Waals surface area contributed by atoms with Crippen LogP contribution in [-0.2, 0) is 4.74 Å². The summed E-state index contributed by atoms with van der Waals surface area (Å²) in [6, 6.07) is -0.0415. The summed E-state index contributed by atoms with van der Waals surface area (Å²) in [4.78, 5) is 0. The van der Waals surface area contributed by atoms with Gasteiger partial charge in [-0.3, -0.25) is 0 Å². The van der Waals surface area contributed by atoms with E-state index in [1.54, 1.807) is 7.05 Å². The van der Waals surface area contributed by atoms with Crippen LogP contribution in [0.25, 0.3) is 0 Å². The lowest BCUT2D eigenvalue weighted by Crippen LogP contribution is -2.34. The molecule has 0 aromatic heterocycles. The van der Waals surface area contributed by atoms with E-state index in [0.717, 1.165) is 0 Å². The number of hydrogen-bond donors (Lipinski definition) is 3. The molecule has 0 saturated heterocycles. The van der Waals surface area contributed by atoms with Crippen LogP contribution in [0.2, 0.25) is 0 Å². The molecule has 0 fully saturated rings. The molecular formula is C7H17NO3. The Kier molecular flexibility index (Phi) is 6.45. The van der Waals surface area contributed by atoms with Crippen LogP contribution in [-0.4, -0.2) is 49.7 Å². The molecule has 3 N–H and O–H groups in total. The summed E-state index contributed by atoms with van der Waals surface area (Å²) >= 11 is 0. The molecule has 2 unspecified atom stereocenters. The molecule has 0 radical (unpaired) electrons. The van der Waals surface area contributed by atoms with Crippen LogP contribution in [0, 0.1) is 0 Å². The van der Waals surface area contributed by atoms with Gasteiger partial charge in [0.05, 0.1) is 19.3 Å². The zero-order valence-corrected chi connectivity index (χ0v) is 7.08. The molecule has 0 amide bonds. The van der Waals surface area contributed by atoms with Gasteiger partial charge in [0, 0.05) is 13.2 Å². The first kappa shape index (κ1) is 10.8. The summed E-state index contributed by atoms with van der Waals surface area (Å²) in [6.07, 6.45) is 0.0190. The summed E-state index contributed by atoms with van der Waals surface area (Å²) in [5.41, 5.74) is 0. The predicted octanol–water partition coefficient (Wildman–Crippen LogP) is -1.04. The molecule has 68 valence electrons. The second kappa shape index (κ2) is 6.54. The second-order valence-corrected chi connectivity index (χ2v) is 2.51. The molecule has 0 rings (SSSR count). The van der Waals surface area contributed by atoms with E-state index in [2.05, 4.69) is 5.32 Å². The van der Waals surface area contributed by atoms with Gasteiger partial charge < -0.3 is 20.3 Å². The number of hydrogen-bond acceptors (Lipinski definition) is 4. The minimum Gasteiger partial charge on any atom is -0.395 e. The van der Waals surface area contributed by atoms with Crippen molar-refractivity contribution < 1.29 is 14.9 Å². The zero-order valence-electron chi connectivity index (χ0n) is 7.08. The molecule has 0 heterocycles. The maximum Gasteiger partial charge on any atom is 0.0789 e. The van der Waals surface area contributed by atoms with Crippen molar-refractivity contribution >= 4 is 0 Å². The minimum absolute atomic E-state index is 0.0390. The lowest BCUT2D eigenvalue weighted by molar-refractivity contribution is 0.0473. The van der Waals surface area contributed by atoms with E-state index >= 15 is 0 Å². The summed E-state index contributed by atoms with van der Waals surface area (Å²) in [7, 11) is 3.29. The highest BCUT2D eigenvalue weighted by Gasteiger charge is 2.10. The van der Waals surface area contributed by atoms with Gasteiger partial charge in [-0.15, -0.1) is 0 Å². The Labute approximate surface area is 67.2 Å². The van der Waals surface area contributed by atoms with Gasteiger partial charge in [0.15, 0.2) is 0 Å². The van der Waals surface area contributed by atoms with Crippen molar-refractivity contribution in [3.63, 3.8) is 0 Å². The van der Waals surface area contributed by atoms with Gasteiger partial charge in [0.25, 0.3) is 0 Å². The molecule has 11 heavy (non-hydrogen) atoms. The number of methoxy groups -OCH3 is 1. The van der Waals surface area contributed by atoms with Gasteiger partial charge in [-0.1, -0.05) is 0 Å². The van der Waals surface area contributed by atoms with Crippen LogP contribution in [0.3, 0.4) is 0 Å². The van der Waals surface area contributed by atoms with E-state index in [1.807, 2.05) is 0 Å². The molecular weight excluding hydrogens is 146 g/mol. The highest BCUT2D eigenvalue weighted by Crippen LogP contribution is 1.97. The van der Waals surface area contributed by atoms with E-state index < -0.39 is 6.10 Å². The monoisotopic (exact) mass is 163 g/mol. The molecule has 0 bridgehead atoms. The van der Waals surface area contributed by atoms with E-state index in [-0.39, 0.29) is 12.6 Å². The Hall–Kier alpha value is -0.160. The number of likely N-dealkylation sites (N-methyl/N-ethyl adjacent to an activating group) is 1. The molecule has 0 aliphatic carbocycles. The van der Waals surface area contributed by atoms with Crippen LogP contribution in [0.4, 0.5) is 0 Å². The Morgan fingerprint density at radius 1 is 1.55 bits per heavy atom. The molecule has 0 aromatic carbocycles. The van der Waals surface area contributed by atoms with Gasteiger partial charge >= 0.3 is 0 Å². The largest absolute Gasteiger partial charge is 0.395 e. The summed E-state index contributed by atoms with van der Waals surface area (Å²) in [6.45, 7) is 0.357. The van der Waals surface area contributed by atoms with Gasteiger partial charge in [-0.2, -0.15) is 0 Å². The molecule has 0 aliphatic rings. The maximum absolute atomic E-state index is 9.21. The van der Waals surface area contributed by atoms with Crippen LogP contribution < -0.4 is 5.32 Å². The topological polar surface area (TPSA) is 61.7 Å². The standard InChI is InChI=1S/C7H17NO3/c1-8-6(4-9)3-7(10)5-11-2/h6-10H,3-5H2,1-2H3. The second-order valence-electron chi connectivity index (χ2n) is 2.51. The summed E-state index contributed by atoms with van der Waals surface area (Å²) in [5, 5.41) is 20.8. The molecule has 0 aromatic rings. The number of rotatable bonds is 6. The lowest BCUT2D eigenvalue weighted by atomic mass is 10.1. The van der Waals surface area contributed by atoms with Crippen molar-refractivity contribution in [2.24, 2.45) is 0 Å². The van der Waals surface area contributed by atoms with Crippen LogP contribution >= 0.6 is 0 Å². The van der Waals surface area contributed by atoms with Gasteiger partial charge in [-0.05, 0) is 13.5 Å². The first-order valence-corrected chi connectivity index (χ1v) is 3.69. The van der Waals surface area contributed by atoms with Crippen molar-refractivity contribution in [3.8, 4) is 0 Å². The van der Waals surface area contributed by atoms with E-state index in [9.17, 15) is 5.11 Å². The average molecular weight is 163 g/mol. The van der Waals surface area contributed by atoms with Crippen LogP contribution in [0.5, 0.6) is 0 Å². The Bertz CT molecular complexity index is 85.8. The third kappa shape index (κ3) is 5.15. The van der Waals surface area contributed by atoms with Crippen LogP contribution in [0.15, 0.2) is 0 Å². The van der Waals surface area contributed by atoms with Crippen molar-refractivity contribution in [1.29, 1.82) is 0 Å². The molecule has 4 nitrogen and oxygen atoms in total. The van der Waals surface area contributed by atoms with Gasteiger partial charge in [-0.25, -0.2) is 0 Å². The van der Waals surface area contributed by atoms with Crippen molar-refractivity contribution in [2.45, 2.75) is 18.6 Å². The van der Waals surface area contributed by atoms with E-state index in [1.165, 1.54) is 7.11 Å². The average Bonchev–Trinajstić information content (AvgIpc) is 2.01. The zero-order chi connectivity index (χ0) is 8.69. The number of nitrogens with one attached hydrogen (secondary N) is 1. The maximum atomic E-state index is 9.21. The quantitative estimate of drug-likeness (QED) is 0.468. The molecule has 2 atom stereocenters. The fourth-order valence-corrected chi connectivity index (χ4v) is 0.873. The van der Waals surface area contributed by atoms with Crippen molar-refractivity contribution in [1.82, 2.24) is 5.32 Å². The Morgan fingerprint density at radius 3 is 2.55 bits per heavy atom. The van der Waals surface area contributed by atoms with E-state index in [0.29, 0.717) is 13.0 Å². The number of aliphatic hydroxyl groups excluding tert-OH is 2. The van der Waals surface area contributed by atoms with Crippen LogP contribution in [0.1, 0.15) is 6.42 Å². The molecule has 0 spiro atoms. The normalized spacial score (nSPS) is 16.4. The third-order valence-electron chi connectivity index (χ3n) is 1.54. The van der Waals surface area contributed by atoms with Crippen molar-refractivity contribution in [3.05, 3.63) is 0 Å². The first-order chi connectivity index (χ1) is 5.24. The van der Waals surface area contributed by atoms with Crippen molar-refractivity contribution in [2.75, 3.05) is 27.4 Å². The lowest BCUT2D eigenvalue weighted by Gasteiger charge is -2.16. The molecule has 0 saturated carbocycles. The molecule has 0 aliphatic heterocycles. The summed E-state index contributed by atoms with van der Waals surface area (Å²) < 4.78 is 4.73. The Morgan fingerprint density at radius 2 is 2.18 bits per heavy atom. The predicted molar refractivity (Wildman–Crippen MR) is 42.4 cm³/mol. The Balaban J connectivity index is 3.44. The fourth-order valence-electron chi connectivity index (χ4n) is 0.873.